The molecule has 0 aliphatic carbocycles. The van der Waals surface area contributed by atoms with Gasteiger partial charge in [0.05, 0.1) is 18.6 Å². The Morgan fingerprint density at radius 3 is 2.70 bits per heavy atom. The molecule has 1 N–H and O–H groups in total. The first-order valence-electron chi connectivity index (χ1n) is 6.42. The second-order valence-corrected chi connectivity index (χ2v) is 6.73. The summed E-state index contributed by atoms with van der Waals surface area (Å²) in [5.74, 6) is 0.487. The highest BCUT2D eigenvalue weighted by atomic mass is 32.2. The maximum atomic E-state index is 12.5. The molecule has 0 saturated heterocycles. The van der Waals surface area contributed by atoms with Crippen LogP contribution in [0.3, 0.4) is 0 Å². The molecule has 0 bridgehead atoms. The van der Waals surface area contributed by atoms with Gasteiger partial charge in [0.2, 0.25) is 10.0 Å². The van der Waals surface area contributed by atoms with E-state index in [0.29, 0.717) is 24.4 Å². The molecule has 20 heavy (non-hydrogen) atoms. The van der Waals surface area contributed by atoms with Gasteiger partial charge >= 0.3 is 0 Å². The number of nitrogens with zero attached hydrogens (tertiary/aromatic N) is 1. The molecule has 1 aliphatic heterocycles. The summed E-state index contributed by atoms with van der Waals surface area (Å²) in [5, 5.41) is 9.29. The van der Waals surface area contributed by atoms with Crippen molar-refractivity contribution < 1.29 is 18.3 Å². The minimum Gasteiger partial charge on any atom is -0.496 e. The van der Waals surface area contributed by atoms with E-state index in [1.807, 2.05) is 13.0 Å². The highest BCUT2D eigenvalue weighted by Gasteiger charge is 2.26. The quantitative estimate of drug-likeness (QED) is 0.856. The minimum absolute atomic E-state index is 0.190. The van der Waals surface area contributed by atoms with Crippen LogP contribution in [0.1, 0.15) is 18.9 Å². The predicted molar refractivity (Wildman–Crippen MR) is 76.0 cm³/mol. The molecule has 1 heterocycles. The van der Waals surface area contributed by atoms with E-state index in [4.69, 9.17) is 4.74 Å². The van der Waals surface area contributed by atoms with Crippen LogP contribution in [-0.2, 0) is 16.6 Å². The Morgan fingerprint density at radius 1 is 1.40 bits per heavy atom. The molecule has 6 heteroatoms. The fourth-order valence-electron chi connectivity index (χ4n) is 2.16. The number of benzene rings is 1. The van der Waals surface area contributed by atoms with Crippen LogP contribution in [0.25, 0.3) is 0 Å². The maximum absolute atomic E-state index is 12.5. The van der Waals surface area contributed by atoms with E-state index in [9.17, 15) is 13.5 Å². The summed E-state index contributed by atoms with van der Waals surface area (Å²) >= 11 is 0. The molecule has 0 amide bonds. The molecule has 0 spiro atoms. The molecule has 1 aliphatic rings. The van der Waals surface area contributed by atoms with Crippen LogP contribution in [0.4, 0.5) is 0 Å². The highest BCUT2D eigenvalue weighted by Crippen LogP contribution is 2.26. The fourth-order valence-corrected chi connectivity index (χ4v) is 3.59. The molecule has 1 aromatic rings. The van der Waals surface area contributed by atoms with Crippen LogP contribution in [0.5, 0.6) is 5.75 Å². The SMILES string of the molecule is COc1ccc(S(=O)(=O)N2CC=C(C)CC2)cc1CO. The number of rotatable bonds is 4. The fraction of sp³-hybridized carbons (Fsp3) is 0.429. The second-order valence-electron chi connectivity index (χ2n) is 4.80. The third kappa shape index (κ3) is 2.87. The Bertz CT molecular complexity index is 622. The summed E-state index contributed by atoms with van der Waals surface area (Å²) in [5.41, 5.74) is 1.68. The molecular weight excluding hydrogens is 278 g/mol. The smallest absolute Gasteiger partial charge is 0.243 e. The van der Waals surface area contributed by atoms with Crippen molar-refractivity contribution in [2.75, 3.05) is 20.2 Å². The predicted octanol–water partition coefficient (Wildman–Crippen LogP) is 1.53. The van der Waals surface area contributed by atoms with E-state index in [1.54, 1.807) is 6.07 Å². The number of aliphatic hydroxyl groups is 1. The Morgan fingerprint density at radius 2 is 2.15 bits per heavy atom. The second kappa shape index (κ2) is 5.95. The Labute approximate surface area is 119 Å². The normalized spacial score (nSPS) is 16.9. The lowest BCUT2D eigenvalue weighted by Gasteiger charge is -2.25. The van der Waals surface area contributed by atoms with Gasteiger partial charge < -0.3 is 9.84 Å². The van der Waals surface area contributed by atoms with Gasteiger partial charge in [-0.2, -0.15) is 4.31 Å². The summed E-state index contributed by atoms with van der Waals surface area (Å²) in [6, 6.07) is 4.56. The zero-order valence-corrected chi connectivity index (χ0v) is 12.5. The first-order valence-corrected chi connectivity index (χ1v) is 7.86. The number of hydrogen-bond donors (Lipinski definition) is 1. The molecule has 2 rings (SSSR count). The number of aliphatic hydroxyl groups excluding tert-OH is 1. The maximum Gasteiger partial charge on any atom is 0.243 e. The molecular formula is C14H19NO4S. The lowest BCUT2D eigenvalue weighted by atomic mass is 10.1. The third-order valence-electron chi connectivity index (χ3n) is 3.46. The molecule has 5 nitrogen and oxygen atoms in total. The van der Waals surface area contributed by atoms with Gasteiger partial charge in [-0.05, 0) is 31.5 Å². The molecule has 0 radical (unpaired) electrons. The van der Waals surface area contributed by atoms with Crippen LogP contribution in [0.15, 0.2) is 34.7 Å². The van der Waals surface area contributed by atoms with Crippen molar-refractivity contribution in [3.05, 3.63) is 35.4 Å². The van der Waals surface area contributed by atoms with Crippen molar-refractivity contribution in [3.63, 3.8) is 0 Å². The summed E-state index contributed by atoms with van der Waals surface area (Å²) in [4.78, 5) is 0.190. The molecule has 0 saturated carbocycles. The van der Waals surface area contributed by atoms with Crippen LogP contribution < -0.4 is 4.74 Å². The molecule has 0 fully saturated rings. The van der Waals surface area contributed by atoms with Gasteiger partial charge in [-0.25, -0.2) is 8.42 Å². The number of sulfonamides is 1. The number of hydrogen-bond acceptors (Lipinski definition) is 4. The monoisotopic (exact) mass is 297 g/mol. The lowest BCUT2D eigenvalue weighted by molar-refractivity contribution is 0.273. The van der Waals surface area contributed by atoms with Gasteiger partial charge in [0.25, 0.3) is 0 Å². The van der Waals surface area contributed by atoms with Crippen molar-refractivity contribution in [2.45, 2.75) is 24.8 Å². The standard InChI is InChI=1S/C14H19NO4S/c1-11-5-7-15(8-6-11)20(17,18)13-3-4-14(19-2)12(9-13)10-16/h3-5,9,16H,6-8,10H2,1-2H3. The van der Waals surface area contributed by atoms with Crippen LogP contribution in [0, 0.1) is 0 Å². The van der Waals surface area contributed by atoms with Gasteiger partial charge in [-0.1, -0.05) is 11.6 Å². The van der Waals surface area contributed by atoms with E-state index in [2.05, 4.69) is 0 Å². The lowest BCUT2D eigenvalue weighted by Crippen LogP contribution is -2.34. The zero-order valence-electron chi connectivity index (χ0n) is 11.7. The van der Waals surface area contributed by atoms with Gasteiger partial charge in [-0.15, -0.1) is 0 Å². The van der Waals surface area contributed by atoms with Crippen molar-refractivity contribution >= 4 is 10.0 Å². The molecule has 0 aromatic heterocycles. The van der Waals surface area contributed by atoms with Gasteiger partial charge in [0.1, 0.15) is 5.75 Å². The van der Waals surface area contributed by atoms with Gasteiger partial charge in [0.15, 0.2) is 0 Å². The third-order valence-corrected chi connectivity index (χ3v) is 5.32. The minimum atomic E-state index is -3.52. The highest BCUT2D eigenvalue weighted by molar-refractivity contribution is 7.89. The summed E-state index contributed by atoms with van der Waals surface area (Å²) in [6.07, 6.45) is 2.68. The van der Waals surface area contributed by atoms with E-state index in [0.717, 1.165) is 6.42 Å². The van der Waals surface area contributed by atoms with Gasteiger partial charge in [-0.3, -0.25) is 0 Å². The molecule has 110 valence electrons. The Balaban J connectivity index is 2.35. The van der Waals surface area contributed by atoms with Crippen LogP contribution in [0.2, 0.25) is 0 Å². The first kappa shape index (κ1) is 15.0. The van der Waals surface area contributed by atoms with Gasteiger partial charge in [0, 0.05) is 18.7 Å². The molecule has 0 unspecified atom stereocenters. The van der Waals surface area contributed by atoms with Crippen LogP contribution >= 0.6 is 0 Å². The Hall–Kier alpha value is -1.37. The van der Waals surface area contributed by atoms with E-state index < -0.39 is 10.0 Å². The number of ether oxygens (including phenoxy) is 1. The van der Waals surface area contributed by atoms with Crippen molar-refractivity contribution in [1.82, 2.24) is 4.31 Å². The topological polar surface area (TPSA) is 66.8 Å². The zero-order chi connectivity index (χ0) is 14.8. The first-order chi connectivity index (χ1) is 9.48. The van der Waals surface area contributed by atoms with Crippen molar-refractivity contribution in [1.29, 1.82) is 0 Å². The number of methoxy groups -OCH3 is 1. The van der Waals surface area contributed by atoms with E-state index in [1.165, 1.54) is 29.1 Å². The average molecular weight is 297 g/mol. The summed E-state index contributed by atoms with van der Waals surface area (Å²) in [6.45, 7) is 2.63. The van der Waals surface area contributed by atoms with Crippen molar-refractivity contribution in [2.24, 2.45) is 0 Å². The van der Waals surface area contributed by atoms with E-state index in [-0.39, 0.29) is 11.5 Å². The molecule has 1 aromatic carbocycles. The largest absolute Gasteiger partial charge is 0.496 e. The summed E-state index contributed by atoms with van der Waals surface area (Å²) < 4.78 is 31.6. The molecule has 0 atom stereocenters. The Kier molecular flexibility index (Phi) is 4.47. The average Bonchev–Trinajstić information content (AvgIpc) is 2.46. The summed E-state index contributed by atoms with van der Waals surface area (Å²) in [7, 11) is -2.03. The van der Waals surface area contributed by atoms with E-state index >= 15 is 0 Å². The van der Waals surface area contributed by atoms with Crippen molar-refractivity contribution in [3.8, 4) is 5.75 Å². The van der Waals surface area contributed by atoms with Crippen LogP contribution in [-0.4, -0.2) is 38.0 Å².